The average Bonchev–Trinajstić information content (AvgIpc) is 2.45. The minimum atomic E-state index is 0.321. The van der Waals surface area contributed by atoms with E-state index in [-0.39, 0.29) is 0 Å². The number of aromatic nitrogens is 1. The minimum absolute atomic E-state index is 0.321. The van der Waals surface area contributed by atoms with Crippen LogP contribution >= 0.6 is 0 Å². The van der Waals surface area contributed by atoms with Crippen molar-refractivity contribution in [1.82, 2.24) is 4.98 Å². The Balaban J connectivity index is 2.39. The second-order valence-corrected chi connectivity index (χ2v) is 4.74. The lowest BCUT2D eigenvalue weighted by Crippen LogP contribution is -2.19. The lowest BCUT2D eigenvalue weighted by atomic mass is 9.78. The number of nitrogens with one attached hydrogen (secondary N) is 1. The molecule has 0 saturated heterocycles. The lowest BCUT2D eigenvalue weighted by molar-refractivity contribution is 0.339. The predicted octanol–water partition coefficient (Wildman–Crippen LogP) is 2.64. The molecule has 13 heavy (non-hydrogen) atoms. The van der Waals surface area contributed by atoms with Gasteiger partial charge in [0.2, 0.25) is 0 Å². The van der Waals surface area contributed by atoms with Gasteiger partial charge in [-0.2, -0.15) is 0 Å². The van der Waals surface area contributed by atoms with Crippen molar-refractivity contribution in [2.24, 2.45) is 5.41 Å². The molecule has 2 nitrogen and oxygen atoms in total. The smallest absolute Gasteiger partial charge is 0.129 e. The van der Waals surface area contributed by atoms with Crippen molar-refractivity contribution < 1.29 is 0 Å². The highest BCUT2D eigenvalue weighted by atomic mass is 15.0. The van der Waals surface area contributed by atoms with Gasteiger partial charge in [0.25, 0.3) is 0 Å². The van der Waals surface area contributed by atoms with Crippen molar-refractivity contribution >= 4 is 5.82 Å². The Kier molecular flexibility index (Phi) is 1.79. The number of fused-ring (bicyclic) bond motifs is 1. The maximum absolute atomic E-state index is 4.31. The van der Waals surface area contributed by atoms with Crippen LogP contribution in [-0.2, 0) is 0 Å². The molecular formula is C11H16N2. The van der Waals surface area contributed by atoms with E-state index in [0.717, 1.165) is 12.4 Å². The van der Waals surface area contributed by atoms with Crippen LogP contribution in [0.1, 0.15) is 32.3 Å². The average molecular weight is 176 g/mol. The van der Waals surface area contributed by atoms with Gasteiger partial charge in [0.15, 0.2) is 0 Å². The highest BCUT2D eigenvalue weighted by Crippen LogP contribution is 2.41. The molecule has 1 aromatic rings. The summed E-state index contributed by atoms with van der Waals surface area (Å²) in [5.74, 6) is 1.67. The molecule has 70 valence electrons. The molecule has 1 N–H and O–H groups in total. The molecule has 0 unspecified atom stereocenters. The Labute approximate surface area is 79.4 Å². The van der Waals surface area contributed by atoms with Crippen LogP contribution in [0.3, 0.4) is 0 Å². The summed E-state index contributed by atoms with van der Waals surface area (Å²) in [6, 6.07) is 4.20. The number of nitrogens with zero attached hydrogens (tertiary/aromatic N) is 1. The van der Waals surface area contributed by atoms with Crippen molar-refractivity contribution in [2.75, 3.05) is 11.9 Å². The first-order valence-corrected chi connectivity index (χ1v) is 4.78. The lowest BCUT2D eigenvalue weighted by Gasteiger charge is -2.26. The van der Waals surface area contributed by atoms with Crippen LogP contribution in [0.5, 0.6) is 0 Å². The maximum Gasteiger partial charge on any atom is 0.129 e. The molecule has 0 aromatic carbocycles. The van der Waals surface area contributed by atoms with E-state index in [1.165, 1.54) is 5.56 Å². The molecule has 0 radical (unpaired) electrons. The van der Waals surface area contributed by atoms with Crippen LogP contribution in [0.15, 0.2) is 18.3 Å². The van der Waals surface area contributed by atoms with Crippen LogP contribution in [-0.4, -0.2) is 11.5 Å². The molecule has 0 amide bonds. The van der Waals surface area contributed by atoms with Crippen LogP contribution < -0.4 is 5.32 Å². The molecule has 0 bridgehead atoms. The quantitative estimate of drug-likeness (QED) is 0.657. The fraction of sp³-hybridized carbons (Fsp3) is 0.545. The van der Waals surface area contributed by atoms with E-state index in [4.69, 9.17) is 0 Å². The topological polar surface area (TPSA) is 24.9 Å². The highest BCUT2D eigenvalue weighted by molar-refractivity contribution is 5.52. The van der Waals surface area contributed by atoms with E-state index in [1.807, 2.05) is 12.3 Å². The van der Waals surface area contributed by atoms with Crippen LogP contribution in [0.25, 0.3) is 0 Å². The molecule has 2 rings (SSSR count). The van der Waals surface area contributed by atoms with E-state index >= 15 is 0 Å². The van der Waals surface area contributed by atoms with Gasteiger partial charge in [0, 0.05) is 18.7 Å². The molecule has 1 atom stereocenters. The molecular weight excluding hydrogens is 160 g/mol. The van der Waals surface area contributed by atoms with Gasteiger partial charge < -0.3 is 5.32 Å². The number of rotatable bonds is 0. The van der Waals surface area contributed by atoms with Gasteiger partial charge >= 0.3 is 0 Å². The zero-order valence-electron chi connectivity index (χ0n) is 8.46. The van der Waals surface area contributed by atoms with E-state index in [0.29, 0.717) is 11.3 Å². The van der Waals surface area contributed by atoms with Crippen molar-refractivity contribution in [3.63, 3.8) is 0 Å². The molecule has 0 spiro atoms. The molecule has 0 aliphatic carbocycles. The SMILES string of the molecule is CC(C)(C)[C@@H]1CNc2ncccc21. The van der Waals surface area contributed by atoms with E-state index in [2.05, 4.69) is 37.1 Å². The van der Waals surface area contributed by atoms with Gasteiger partial charge in [-0.05, 0) is 17.0 Å². The zero-order chi connectivity index (χ0) is 9.47. The van der Waals surface area contributed by atoms with Gasteiger partial charge in [-0.15, -0.1) is 0 Å². The van der Waals surface area contributed by atoms with Gasteiger partial charge in [-0.25, -0.2) is 4.98 Å². The first-order valence-electron chi connectivity index (χ1n) is 4.78. The molecule has 1 aliphatic rings. The van der Waals surface area contributed by atoms with E-state index < -0.39 is 0 Å². The summed E-state index contributed by atoms with van der Waals surface area (Å²) in [7, 11) is 0. The number of hydrogen-bond donors (Lipinski definition) is 1. The number of anilines is 1. The van der Waals surface area contributed by atoms with Crippen molar-refractivity contribution in [3.8, 4) is 0 Å². The Morgan fingerprint density at radius 2 is 2.23 bits per heavy atom. The Morgan fingerprint density at radius 3 is 2.92 bits per heavy atom. The third-order valence-electron chi connectivity index (χ3n) is 2.73. The molecule has 2 heterocycles. The molecule has 1 aromatic heterocycles. The number of pyridine rings is 1. The zero-order valence-corrected chi connectivity index (χ0v) is 8.46. The number of hydrogen-bond acceptors (Lipinski definition) is 2. The van der Waals surface area contributed by atoms with Crippen molar-refractivity contribution in [2.45, 2.75) is 26.7 Å². The molecule has 0 saturated carbocycles. The Morgan fingerprint density at radius 1 is 1.46 bits per heavy atom. The van der Waals surface area contributed by atoms with Crippen molar-refractivity contribution in [3.05, 3.63) is 23.9 Å². The van der Waals surface area contributed by atoms with Crippen LogP contribution in [0.2, 0.25) is 0 Å². The molecule has 2 heteroatoms. The summed E-state index contributed by atoms with van der Waals surface area (Å²) >= 11 is 0. The van der Waals surface area contributed by atoms with Crippen LogP contribution in [0.4, 0.5) is 5.82 Å². The summed E-state index contributed by atoms with van der Waals surface area (Å²) in [4.78, 5) is 4.31. The van der Waals surface area contributed by atoms with Gasteiger partial charge in [0.1, 0.15) is 5.82 Å². The summed E-state index contributed by atoms with van der Waals surface area (Å²) in [6.45, 7) is 7.86. The second-order valence-electron chi connectivity index (χ2n) is 4.74. The summed E-state index contributed by atoms with van der Waals surface area (Å²) < 4.78 is 0. The normalized spacial score (nSPS) is 21.0. The van der Waals surface area contributed by atoms with Crippen LogP contribution in [0, 0.1) is 5.41 Å². The summed E-state index contributed by atoms with van der Waals surface area (Å²) in [5.41, 5.74) is 1.69. The molecule has 1 aliphatic heterocycles. The van der Waals surface area contributed by atoms with E-state index in [1.54, 1.807) is 0 Å². The highest BCUT2D eigenvalue weighted by Gasteiger charge is 2.32. The third-order valence-corrected chi connectivity index (χ3v) is 2.73. The fourth-order valence-electron chi connectivity index (χ4n) is 1.93. The Bertz CT molecular complexity index is 312. The van der Waals surface area contributed by atoms with Gasteiger partial charge in [-0.1, -0.05) is 26.8 Å². The predicted molar refractivity (Wildman–Crippen MR) is 54.9 cm³/mol. The summed E-state index contributed by atoms with van der Waals surface area (Å²) in [5, 5.41) is 3.35. The first kappa shape index (κ1) is 8.54. The fourth-order valence-corrected chi connectivity index (χ4v) is 1.93. The van der Waals surface area contributed by atoms with Crippen molar-refractivity contribution in [1.29, 1.82) is 0 Å². The second kappa shape index (κ2) is 2.72. The largest absolute Gasteiger partial charge is 0.369 e. The van der Waals surface area contributed by atoms with Gasteiger partial charge in [0.05, 0.1) is 0 Å². The van der Waals surface area contributed by atoms with E-state index in [9.17, 15) is 0 Å². The summed E-state index contributed by atoms with van der Waals surface area (Å²) in [6.07, 6.45) is 1.84. The monoisotopic (exact) mass is 176 g/mol. The first-order chi connectivity index (χ1) is 6.09. The minimum Gasteiger partial charge on any atom is -0.369 e. The van der Waals surface area contributed by atoms with Gasteiger partial charge in [-0.3, -0.25) is 0 Å². The third kappa shape index (κ3) is 1.41. The standard InChI is InChI=1S/C11H16N2/c1-11(2,3)9-7-13-10-8(9)5-4-6-12-10/h4-6,9H,7H2,1-3H3,(H,12,13)/t9-/m1/s1. The maximum atomic E-state index is 4.31. The molecule has 0 fully saturated rings. The Hall–Kier alpha value is -1.05.